The quantitative estimate of drug-likeness (QED) is 0.577. The number of para-hydroxylation sites is 1. The molecule has 0 unspecified atom stereocenters. The van der Waals surface area contributed by atoms with E-state index in [9.17, 15) is 5.11 Å². The standard InChI is InChI=1S/C17H22N2O3/c1-19-13-17(16(20)11-14(19)12-18)22-10-6-5-9-21-15-7-3-2-4-8-15/h2-4,7-8,11,13H,5-6,9-10,12,18H2,1H3/p+1. The Hall–Kier alpha value is -2.27. The third-order valence-corrected chi connectivity index (χ3v) is 3.34. The molecule has 1 heterocycles. The van der Waals surface area contributed by atoms with Crippen LogP contribution in [0.4, 0.5) is 0 Å². The fraction of sp³-hybridized carbons (Fsp3) is 0.353. The lowest BCUT2D eigenvalue weighted by Crippen LogP contribution is -2.34. The molecule has 2 rings (SSSR count). The molecule has 5 nitrogen and oxygen atoms in total. The largest absolute Gasteiger partial charge is 0.504 e. The molecule has 0 spiro atoms. The van der Waals surface area contributed by atoms with Crippen LogP contribution in [0, 0.1) is 0 Å². The van der Waals surface area contributed by atoms with Gasteiger partial charge >= 0.3 is 0 Å². The maximum absolute atomic E-state index is 9.88. The summed E-state index contributed by atoms with van der Waals surface area (Å²) < 4.78 is 13.1. The van der Waals surface area contributed by atoms with E-state index in [1.807, 2.05) is 41.9 Å². The molecule has 22 heavy (non-hydrogen) atoms. The van der Waals surface area contributed by atoms with Crippen LogP contribution in [0.25, 0.3) is 0 Å². The van der Waals surface area contributed by atoms with Crippen LogP contribution in [0.3, 0.4) is 0 Å². The average molecular weight is 303 g/mol. The predicted octanol–water partition coefficient (Wildman–Crippen LogP) is 1.91. The Labute approximate surface area is 130 Å². The van der Waals surface area contributed by atoms with Crippen molar-refractivity contribution in [2.24, 2.45) is 12.8 Å². The second-order valence-electron chi connectivity index (χ2n) is 5.05. The highest BCUT2D eigenvalue weighted by molar-refractivity contribution is 5.35. The predicted molar refractivity (Wildman–Crippen MR) is 83.8 cm³/mol. The molecule has 0 bridgehead atoms. The molecule has 0 aliphatic carbocycles. The summed E-state index contributed by atoms with van der Waals surface area (Å²) in [5, 5.41) is 9.88. The Morgan fingerprint density at radius 1 is 1.09 bits per heavy atom. The third-order valence-electron chi connectivity index (χ3n) is 3.34. The number of nitrogens with two attached hydrogens (primary N) is 1. The minimum atomic E-state index is 0.124. The van der Waals surface area contributed by atoms with Gasteiger partial charge in [-0.25, -0.2) is 4.57 Å². The number of unbranched alkanes of at least 4 members (excludes halogenated alkanes) is 1. The molecule has 0 saturated carbocycles. The molecular formula is C17H23N2O3+. The van der Waals surface area contributed by atoms with Gasteiger partial charge in [-0.3, -0.25) is 0 Å². The van der Waals surface area contributed by atoms with E-state index in [1.54, 1.807) is 12.3 Å². The van der Waals surface area contributed by atoms with Gasteiger partial charge in [0, 0.05) is 0 Å². The van der Waals surface area contributed by atoms with Crippen molar-refractivity contribution in [3.63, 3.8) is 0 Å². The van der Waals surface area contributed by atoms with E-state index >= 15 is 0 Å². The van der Waals surface area contributed by atoms with Gasteiger partial charge in [0.1, 0.15) is 12.8 Å². The van der Waals surface area contributed by atoms with Crippen molar-refractivity contribution in [2.75, 3.05) is 13.2 Å². The Bertz CT molecular complexity index is 588. The number of aromatic nitrogens is 1. The highest BCUT2D eigenvalue weighted by Gasteiger charge is 2.13. The third kappa shape index (κ3) is 4.63. The monoisotopic (exact) mass is 303 g/mol. The van der Waals surface area contributed by atoms with Gasteiger partial charge in [-0.15, -0.1) is 0 Å². The lowest BCUT2D eigenvalue weighted by molar-refractivity contribution is -0.679. The Balaban J connectivity index is 1.69. The zero-order valence-electron chi connectivity index (χ0n) is 12.9. The fourth-order valence-electron chi connectivity index (χ4n) is 2.06. The smallest absolute Gasteiger partial charge is 0.225 e. The van der Waals surface area contributed by atoms with Crippen LogP contribution in [-0.4, -0.2) is 18.3 Å². The summed E-state index contributed by atoms with van der Waals surface area (Å²) >= 11 is 0. The van der Waals surface area contributed by atoms with Crippen LogP contribution in [0.15, 0.2) is 42.6 Å². The van der Waals surface area contributed by atoms with Gasteiger partial charge in [0.2, 0.25) is 11.9 Å². The van der Waals surface area contributed by atoms with Gasteiger partial charge in [0.25, 0.3) is 0 Å². The van der Waals surface area contributed by atoms with Crippen molar-refractivity contribution < 1.29 is 19.1 Å². The molecule has 0 saturated heterocycles. The number of ether oxygens (including phenoxy) is 2. The summed E-state index contributed by atoms with van der Waals surface area (Å²) in [4.78, 5) is 0. The average Bonchev–Trinajstić information content (AvgIpc) is 2.54. The van der Waals surface area contributed by atoms with E-state index in [-0.39, 0.29) is 5.75 Å². The maximum Gasteiger partial charge on any atom is 0.225 e. The summed E-state index contributed by atoms with van der Waals surface area (Å²) in [5.41, 5.74) is 6.43. The number of aryl methyl sites for hydroxylation is 1. The van der Waals surface area contributed by atoms with Gasteiger partial charge in [0.05, 0.1) is 25.8 Å². The first-order valence-electron chi connectivity index (χ1n) is 7.43. The van der Waals surface area contributed by atoms with Gasteiger partial charge in [-0.2, -0.15) is 0 Å². The van der Waals surface area contributed by atoms with Crippen molar-refractivity contribution >= 4 is 0 Å². The van der Waals surface area contributed by atoms with Crippen molar-refractivity contribution in [3.05, 3.63) is 48.3 Å². The molecule has 2 aromatic rings. The lowest BCUT2D eigenvalue weighted by atomic mass is 10.3. The van der Waals surface area contributed by atoms with Gasteiger partial charge in [0.15, 0.2) is 11.4 Å². The summed E-state index contributed by atoms with van der Waals surface area (Å²) in [6.45, 7) is 1.56. The molecule has 0 fully saturated rings. The van der Waals surface area contributed by atoms with Gasteiger partial charge in [-0.05, 0) is 25.0 Å². The first-order chi connectivity index (χ1) is 10.7. The van der Waals surface area contributed by atoms with E-state index in [1.165, 1.54) is 0 Å². The van der Waals surface area contributed by atoms with Gasteiger partial charge in [-0.1, -0.05) is 18.2 Å². The normalized spacial score (nSPS) is 10.5. The van der Waals surface area contributed by atoms with Gasteiger partial charge < -0.3 is 20.3 Å². The van der Waals surface area contributed by atoms with Crippen molar-refractivity contribution in [1.29, 1.82) is 0 Å². The lowest BCUT2D eigenvalue weighted by Gasteiger charge is -2.08. The van der Waals surface area contributed by atoms with Crippen LogP contribution in [0.2, 0.25) is 0 Å². The van der Waals surface area contributed by atoms with Crippen LogP contribution >= 0.6 is 0 Å². The number of hydrogen-bond acceptors (Lipinski definition) is 4. The second-order valence-corrected chi connectivity index (χ2v) is 5.05. The summed E-state index contributed by atoms with van der Waals surface area (Å²) in [5.74, 6) is 1.48. The second kappa shape index (κ2) is 8.24. The fourth-order valence-corrected chi connectivity index (χ4v) is 2.06. The molecule has 0 aliphatic rings. The summed E-state index contributed by atoms with van der Waals surface area (Å²) in [6, 6.07) is 11.4. The van der Waals surface area contributed by atoms with Crippen molar-refractivity contribution in [2.45, 2.75) is 19.4 Å². The van der Waals surface area contributed by atoms with Crippen LogP contribution in [0.1, 0.15) is 18.5 Å². The van der Waals surface area contributed by atoms with E-state index in [0.29, 0.717) is 25.5 Å². The maximum atomic E-state index is 9.88. The van der Waals surface area contributed by atoms with Crippen molar-refractivity contribution in [1.82, 2.24) is 0 Å². The topological polar surface area (TPSA) is 68.6 Å². The molecule has 1 aromatic carbocycles. The molecule has 1 aromatic heterocycles. The Kier molecular flexibility index (Phi) is 6.03. The molecule has 0 radical (unpaired) electrons. The summed E-state index contributed by atoms with van der Waals surface area (Å²) in [7, 11) is 1.88. The number of nitrogens with zero attached hydrogens (tertiary/aromatic N) is 1. The van der Waals surface area contributed by atoms with E-state index in [4.69, 9.17) is 15.2 Å². The zero-order chi connectivity index (χ0) is 15.8. The van der Waals surface area contributed by atoms with E-state index in [0.717, 1.165) is 24.3 Å². The number of pyridine rings is 1. The minimum Gasteiger partial charge on any atom is -0.504 e. The molecule has 5 heteroatoms. The molecule has 0 amide bonds. The molecule has 0 aliphatic heterocycles. The van der Waals surface area contributed by atoms with Crippen LogP contribution in [-0.2, 0) is 13.6 Å². The van der Waals surface area contributed by atoms with E-state index < -0.39 is 0 Å². The molecule has 3 N–H and O–H groups in total. The number of rotatable bonds is 8. The van der Waals surface area contributed by atoms with Crippen LogP contribution in [0.5, 0.6) is 17.2 Å². The molecule has 118 valence electrons. The number of aromatic hydroxyl groups is 1. The summed E-state index contributed by atoms with van der Waals surface area (Å²) in [6.07, 6.45) is 3.50. The highest BCUT2D eigenvalue weighted by Crippen LogP contribution is 2.24. The molecular weight excluding hydrogens is 280 g/mol. The Morgan fingerprint density at radius 2 is 1.77 bits per heavy atom. The number of hydrogen-bond donors (Lipinski definition) is 2. The zero-order valence-corrected chi connectivity index (χ0v) is 12.9. The van der Waals surface area contributed by atoms with Crippen molar-refractivity contribution in [3.8, 4) is 17.2 Å². The number of benzene rings is 1. The first kappa shape index (κ1) is 16.1. The van der Waals surface area contributed by atoms with E-state index in [2.05, 4.69) is 0 Å². The molecule has 0 atom stereocenters. The SMILES string of the molecule is C[n+]1cc(OCCCCOc2ccccc2)c(O)cc1CN. The highest BCUT2D eigenvalue weighted by atomic mass is 16.5. The van der Waals surface area contributed by atoms with Crippen LogP contribution < -0.4 is 19.8 Å². The Morgan fingerprint density at radius 3 is 2.45 bits per heavy atom. The minimum absolute atomic E-state index is 0.124. The first-order valence-corrected chi connectivity index (χ1v) is 7.43.